The minimum absolute atomic E-state index is 0.228. The Morgan fingerprint density at radius 1 is 1.40 bits per heavy atom. The summed E-state index contributed by atoms with van der Waals surface area (Å²) >= 11 is 0. The largest absolute Gasteiger partial charge is 0.351 e. The Labute approximate surface area is 88.8 Å². The Balaban J connectivity index is 2.12. The second-order valence-corrected chi connectivity index (χ2v) is 4.16. The van der Waals surface area contributed by atoms with E-state index in [4.69, 9.17) is 0 Å². The van der Waals surface area contributed by atoms with Crippen LogP contribution in [0.1, 0.15) is 19.8 Å². The lowest BCUT2D eigenvalue weighted by Crippen LogP contribution is -2.36. The third kappa shape index (κ3) is 4.55. The van der Waals surface area contributed by atoms with Crippen LogP contribution in [0.5, 0.6) is 0 Å². The average molecular weight is 220 g/mol. The number of rotatable bonds is 5. The fourth-order valence-electron chi connectivity index (χ4n) is 1.82. The van der Waals surface area contributed by atoms with E-state index in [1.165, 1.54) is 12.8 Å². The minimum atomic E-state index is -2.90. The van der Waals surface area contributed by atoms with E-state index < -0.39 is 12.3 Å². The second kappa shape index (κ2) is 6.00. The summed E-state index contributed by atoms with van der Waals surface area (Å²) in [5.74, 6) is -0.936. The third-order valence-electron chi connectivity index (χ3n) is 2.59. The molecule has 3 nitrogen and oxygen atoms in total. The summed E-state index contributed by atoms with van der Waals surface area (Å²) in [5.41, 5.74) is 0. The zero-order chi connectivity index (χ0) is 11.3. The normalized spacial score (nSPS) is 19.5. The van der Waals surface area contributed by atoms with E-state index >= 15 is 0 Å². The lowest BCUT2D eigenvalue weighted by Gasteiger charge is -2.20. The van der Waals surface area contributed by atoms with E-state index in [0.29, 0.717) is 6.54 Å². The number of amides is 1. The van der Waals surface area contributed by atoms with Crippen molar-refractivity contribution >= 4 is 5.91 Å². The van der Waals surface area contributed by atoms with E-state index in [2.05, 4.69) is 10.2 Å². The van der Waals surface area contributed by atoms with Crippen molar-refractivity contribution in [3.8, 4) is 0 Å². The van der Waals surface area contributed by atoms with Crippen LogP contribution in [0.3, 0.4) is 0 Å². The highest BCUT2D eigenvalue weighted by molar-refractivity contribution is 5.78. The molecular formula is C10H18F2N2O. The number of likely N-dealkylation sites (tertiary alicyclic amines) is 1. The van der Waals surface area contributed by atoms with Crippen LogP contribution in [0, 0.1) is 5.92 Å². The molecule has 0 aromatic heterocycles. The SMILES string of the molecule is CC(CNC(=O)C(F)F)CN1CCCC1. The van der Waals surface area contributed by atoms with Crippen LogP contribution in [0.15, 0.2) is 0 Å². The highest BCUT2D eigenvalue weighted by Crippen LogP contribution is 2.09. The molecule has 1 N–H and O–H groups in total. The molecule has 0 aromatic carbocycles. The van der Waals surface area contributed by atoms with Gasteiger partial charge in [0.25, 0.3) is 5.91 Å². The van der Waals surface area contributed by atoms with Gasteiger partial charge < -0.3 is 10.2 Å². The molecule has 0 spiro atoms. The smallest absolute Gasteiger partial charge is 0.315 e. The molecule has 1 aliphatic heterocycles. The van der Waals surface area contributed by atoms with Crippen molar-refractivity contribution in [2.75, 3.05) is 26.2 Å². The number of nitrogens with zero attached hydrogens (tertiary/aromatic N) is 1. The zero-order valence-electron chi connectivity index (χ0n) is 9.01. The number of alkyl halides is 2. The van der Waals surface area contributed by atoms with Gasteiger partial charge in [0.1, 0.15) is 0 Å². The molecular weight excluding hydrogens is 202 g/mol. The summed E-state index contributed by atoms with van der Waals surface area (Å²) in [5, 5.41) is 2.24. The average Bonchev–Trinajstić information content (AvgIpc) is 2.66. The molecule has 1 unspecified atom stereocenters. The van der Waals surface area contributed by atoms with Crippen LogP contribution in [-0.2, 0) is 4.79 Å². The Morgan fingerprint density at radius 3 is 2.53 bits per heavy atom. The first kappa shape index (κ1) is 12.4. The predicted octanol–water partition coefficient (Wildman–Crippen LogP) is 1.10. The van der Waals surface area contributed by atoms with Gasteiger partial charge in [0.05, 0.1) is 0 Å². The maximum absolute atomic E-state index is 11.9. The van der Waals surface area contributed by atoms with Crippen molar-refractivity contribution in [1.82, 2.24) is 10.2 Å². The first-order valence-corrected chi connectivity index (χ1v) is 5.38. The lowest BCUT2D eigenvalue weighted by atomic mass is 10.1. The molecule has 0 aromatic rings. The molecule has 88 valence electrons. The fourth-order valence-corrected chi connectivity index (χ4v) is 1.82. The van der Waals surface area contributed by atoms with E-state index in [-0.39, 0.29) is 5.92 Å². The summed E-state index contributed by atoms with van der Waals surface area (Å²) in [7, 11) is 0. The van der Waals surface area contributed by atoms with Gasteiger partial charge in [0.15, 0.2) is 0 Å². The van der Waals surface area contributed by atoms with Crippen LogP contribution >= 0.6 is 0 Å². The molecule has 15 heavy (non-hydrogen) atoms. The minimum Gasteiger partial charge on any atom is -0.351 e. The molecule has 1 atom stereocenters. The van der Waals surface area contributed by atoms with E-state index in [1.54, 1.807) is 0 Å². The van der Waals surface area contributed by atoms with Crippen molar-refractivity contribution in [2.24, 2.45) is 5.92 Å². The maximum Gasteiger partial charge on any atom is 0.315 e. The van der Waals surface area contributed by atoms with Crippen molar-refractivity contribution < 1.29 is 13.6 Å². The summed E-state index contributed by atoms with van der Waals surface area (Å²) in [6.45, 7) is 5.35. The Morgan fingerprint density at radius 2 is 2.00 bits per heavy atom. The van der Waals surface area contributed by atoms with Crippen molar-refractivity contribution in [3.05, 3.63) is 0 Å². The summed E-state index contributed by atoms with van der Waals surface area (Å²) in [6, 6.07) is 0. The Bertz CT molecular complexity index is 206. The molecule has 0 radical (unpaired) electrons. The molecule has 0 aliphatic carbocycles. The van der Waals surface area contributed by atoms with Gasteiger partial charge in [0.2, 0.25) is 0 Å². The number of carbonyl (C=O) groups excluding carboxylic acids is 1. The highest BCUT2D eigenvalue weighted by Gasteiger charge is 2.18. The third-order valence-corrected chi connectivity index (χ3v) is 2.59. The monoisotopic (exact) mass is 220 g/mol. The van der Waals surface area contributed by atoms with E-state index in [9.17, 15) is 13.6 Å². The molecule has 1 fully saturated rings. The van der Waals surface area contributed by atoms with Gasteiger partial charge >= 0.3 is 6.43 Å². The van der Waals surface area contributed by atoms with Gasteiger partial charge in [-0.2, -0.15) is 8.78 Å². The van der Waals surface area contributed by atoms with Crippen LogP contribution in [-0.4, -0.2) is 43.4 Å². The quantitative estimate of drug-likeness (QED) is 0.752. The van der Waals surface area contributed by atoms with E-state index in [1.807, 2.05) is 6.92 Å². The van der Waals surface area contributed by atoms with E-state index in [0.717, 1.165) is 19.6 Å². The second-order valence-electron chi connectivity index (χ2n) is 4.16. The van der Waals surface area contributed by atoms with Gasteiger partial charge in [-0.15, -0.1) is 0 Å². The van der Waals surface area contributed by atoms with Crippen molar-refractivity contribution in [2.45, 2.75) is 26.2 Å². The molecule has 0 saturated carbocycles. The van der Waals surface area contributed by atoms with Gasteiger partial charge in [0, 0.05) is 13.1 Å². The number of halogens is 2. The van der Waals surface area contributed by atoms with Crippen molar-refractivity contribution in [1.29, 1.82) is 0 Å². The van der Waals surface area contributed by atoms with Gasteiger partial charge in [-0.1, -0.05) is 6.92 Å². The number of hydrogen-bond donors (Lipinski definition) is 1. The molecule has 0 bridgehead atoms. The summed E-state index contributed by atoms with van der Waals surface area (Å²) in [6.07, 6.45) is -0.462. The van der Waals surface area contributed by atoms with Gasteiger partial charge in [-0.3, -0.25) is 4.79 Å². The molecule has 1 rings (SSSR count). The summed E-state index contributed by atoms with van der Waals surface area (Å²) in [4.78, 5) is 12.9. The Hall–Kier alpha value is -0.710. The topological polar surface area (TPSA) is 32.3 Å². The van der Waals surface area contributed by atoms with Crippen LogP contribution < -0.4 is 5.32 Å². The maximum atomic E-state index is 11.9. The first-order valence-electron chi connectivity index (χ1n) is 5.38. The molecule has 1 aliphatic rings. The first-order chi connectivity index (χ1) is 7.09. The number of hydrogen-bond acceptors (Lipinski definition) is 2. The Kier molecular flexibility index (Phi) is 4.94. The summed E-state index contributed by atoms with van der Waals surface area (Å²) < 4.78 is 23.7. The molecule has 1 heterocycles. The highest BCUT2D eigenvalue weighted by atomic mass is 19.3. The zero-order valence-corrected chi connectivity index (χ0v) is 9.01. The van der Waals surface area contributed by atoms with Gasteiger partial charge in [-0.25, -0.2) is 0 Å². The molecule has 1 saturated heterocycles. The molecule has 1 amide bonds. The van der Waals surface area contributed by atoms with Crippen LogP contribution in [0.2, 0.25) is 0 Å². The van der Waals surface area contributed by atoms with Crippen LogP contribution in [0.4, 0.5) is 8.78 Å². The number of carbonyl (C=O) groups is 1. The standard InChI is InChI=1S/C10H18F2N2O/c1-8(6-13-10(15)9(11)12)7-14-4-2-3-5-14/h8-9H,2-7H2,1H3,(H,13,15). The van der Waals surface area contributed by atoms with Crippen LogP contribution in [0.25, 0.3) is 0 Å². The number of nitrogens with one attached hydrogen (secondary N) is 1. The fraction of sp³-hybridized carbons (Fsp3) is 0.900. The lowest BCUT2D eigenvalue weighted by molar-refractivity contribution is -0.131. The molecule has 5 heteroatoms. The van der Waals surface area contributed by atoms with Gasteiger partial charge in [-0.05, 0) is 31.8 Å². The van der Waals surface area contributed by atoms with Crippen molar-refractivity contribution in [3.63, 3.8) is 0 Å². The predicted molar refractivity (Wildman–Crippen MR) is 53.9 cm³/mol.